The Bertz CT molecular complexity index is 70.1. The van der Waals surface area contributed by atoms with Gasteiger partial charge in [0.1, 0.15) is 6.23 Å². The molecule has 1 heterocycles. The van der Waals surface area contributed by atoms with Crippen molar-refractivity contribution in [2.45, 2.75) is 12.6 Å². The van der Waals surface area contributed by atoms with Crippen LogP contribution in [0.4, 0.5) is 0 Å². The first-order valence-electron chi connectivity index (χ1n) is 2.18. The second kappa shape index (κ2) is 1.93. The molecule has 1 aliphatic heterocycles. The molecule has 0 saturated carbocycles. The van der Waals surface area contributed by atoms with Crippen molar-refractivity contribution in [3.63, 3.8) is 0 Å². The normalized spacial score (nSPS) is 28.3. The van der Waals surface area contributed by atoms with Crippen molar-refractivity contribution in [3.05, 3.63) is 0 Å². The predicted molar refractivity (Wildman–Crippen MR) is 23.2 cm³/mol. The van der Waals surface area contributed by atoms with E-state index in [1.165, 1.54) is 0 Å². The van der Waals surface area contributed by atoms with E-state index in [-0.39, 0.29) is 6.23 Å². The molecule has 0 aromatic heterocycles. The Hall–Kier alpha value is -0.570. The molecule has 0 aromatic rings. The molecular formula is C4H6NO2. The smallest absolute Gasteiger partial charge is 0.311 e. The first kappa shape index (κ1) is 4.59. The molecular weight excluding hydrogens is 94.0 g/mol. The van der Waals surface area contributed by atoms with Gasteiger partial charge in [-0.25, -0.2) is 0 Å². The zero-order valence-corrected chi connectivity index (χ0v) is 3.81. The summed E-state index contributed by atoms with van der Waals surface area (Å²) in [7, 11) is 0. The van der Waals surface area contributed by atoms with Crippen molar-refractivity contribution in [3.8, 4) is 0 Å². The Morgan fingerprint density at radius 3 is 2.71 bits per heavy atom. The standard InChI is InChI=1S/C4H6NO2/c6-3-5-4-1-2-7-4/h4H,1-2H2,(H,5,6). The van der Waals surface area contributed by atoms with E-state index >= 15 is 0 Å². The van der Waals surface area contributed by atoms with Crippen LogP contribution in [0.15, 0.2) is 0 Å². The van der Waals surface area contributed by atoms with Gasteiger partial charge in [-0.05, 0) is 0 Å². The molecule has 1 fully saturated rings. The Morgan fingerprint density at radius 1 is 1.86 bits per heavy atom. The average molecular weight is 100 g/mol. The van der Waals surface area contributed by atoms with Crippen LogP contribution in [0.2, 0.25) is 0 Å². The van der Waals surface area contributed by atoms with Gasteiger partial charge in [0.15, 0.2) is 0 Å². The van der Waals surface area contributed by atoms with Crippen LogP contribution in [0.5, 0.6) is 0 Å². The second-order valence-corrected chi connectivity index (χ2v) is 1.39. The van der Waals surface area contributed by atoms with E-state index in [0.29, 0.717) is 0 Å². The average Bonchev–Trinajstić information content (AvgIpc) is 1.55. The van der Waals surface area contributed by atoms with Crippen LogP contribution < -0.4 is 5.32 Å². The molecule has 1 aliphatic rings. The van der Waals surface area contributed by atoms with Crippen molar-refractivity contribution in [2.75, 3.05) is 6.61 Å². The summed E-state index contributed by atoms with van der Waals surface area (Å²) in [6.45, 7) is 0.763. The highest BCUT2D eigenvalue weighted by Gasteiger charge is 2.15. The number of carbonyl (C=O) groups excluding carboxylic acids is 1. The van der Waals surface area contributed by atoms with Gasteiger partial charge in [-0.2, -0.15) is 0 Å². The van der Waals surface area contributed by atoms with Gasteiger partial charge in [0.25, 0.3) is 0 Å². The van der Waals surface area contributed by atoms with Gasteiger partial charge in [0.05, 0.1) is 6.61 Å². The van der Waals surface area contributed by atoms with Crippen molar-refractivity contribution < 1.29 is 9.53 Å². The maximum Gasteiger partial charge on any atom is 0.311 e. The second-order valence-electron chi connectivity index (χ2n) is 1.39. The third kappa shape index (κ3) is 0.899. The molecule has 1 saturated heterocycles. The molecule has 0 aliphatic carbocycles. The van der Waals surface area contributed by atoms with Crippen LogP contribution in [0.3, 0.4) is 0 Å². The van der Waals surface area contributed by atoms with Crippen molar-refractivity contribution in [1.29, 1.82) is 0 Å². The lowest BCUT2D eigenvalue weighted by atomic mass is 10.3. The summed E-state index contributed by atoms with van der Waals surface area (Å²) >= 11 is 0. The van der Waals surface area contributed by atoms with Gasteiger partial charge in [0.2, 0.25) is 0 Å². The fraction of sp³-hybridized carbons (Fsp3) is 0.750. The number of ether oxygens (including phenoxy) is 1. The van der Waals surface area contributed by atoms with E-state index in [1.54, 1.807) is 6.41 Å². The van der Waals surface area contributed by atoms with E-state index in [1.807, 2.05) is 0 Å². The number of hydrogen-bond donors (Lipinski definition) is 1. The van der Waals surface area contributed by atoms with Crippen LogP contribution in [-0.2, 0) is 9.53 Å². The number of amides is 1. The highest BCUT2D eigenvalue weighted by molar-refractivity contribution is 5.47. The molecule has 0 aromatic carbocycles. The summed E-state index contributed by atoms with van der Waals surface area (Å²) in [5.41, 5.74) is 0. The van der Waals surface area contributed by atoms with Gasteiger partial charge in [-0.1, -0.05) is 0 Å². The molecule has 3 heteroatoms. The number of rotatable bonds is 2. The van der Waals surface area contributed by atoms with Gasteiger partial charge in [0, 0.05) is 6.42 Å². The van der Waals surface area contributed by atoms with Crippen LogP contribution in [0.1, 0.15) is 6.42 Å². The Balaban J connectivity index is 2.03. The van der Waals surface area contributed by atoms with E-state index in [0.717, 1.165) is 13.0 Å². The fourth-order valence-electron chi connectivity index (χ4n) is 0.415. The van der Waals surface area contributed by atoms with Gasteiger partial charge >= 0.3 is 6.41 Å². The maximum atomic E-state index is 9.49. The summed E-state index contributed by atoms with van der Waals surface area (Å²) in [6.07, 6.45) is 2.43. The van der Waals surface area contributed by atoms with E-state index in [2.05, 4.69) is 5.32 Å². The quantitative estimate of drug-likeness (QED) is 0.470. The fourth-order valence-corrected chi connectivity index (χ4v) is 0.415. The maximum absolute atomic E-state index is 9.49. The van der Waals surface area contributed by atoms with Crippen molar-refractivity contribution in [1.82, 2.24) is 5.32 Å². The summed E-state index contributed by atoms with van der Waals surface area (Å²) in [5, 5.41) is 2.35. The molecule has 1 amide bonds. The highest BCUT2D eigenvalue weighted by atomic mass is 16.5. The summed E-state index contributed by atoms with van der Waals surface area (Å²) in [6, 6.07) is 0. The molecule has 1 radical (unpaired) electrons. The van der Waals surface area contributed by atoms with Crippen LogP contribution in [0, 0.1) is 0 Å². The molecule has 0 spiro atoms. The lowest BCUT2D eigenvalue weighted by Crippen LogP contribution is -2.39. The minimum absolute atomic E-state index is 0.0440. The Kier molecular flexibility index (Phi) is 1.26. The topological polar surface area (TPSA) is 38.3 Å². The number of hydrogen-bond acceptors (Lipinski definition) is 2. The zero-order valence-electron chi connectivity index (χ0n) is 3.81. The van der Waals surface area contributed by atoms with Crippen LogP contribution in [-0.4, -0.2) is 19.2 Å². The lowest BCUT2D eigenvalue weighted by molar-refractivity contribution is -0.0592. The third-order valence-corrected chi connectivity index (χ3v) is 0.919. The van der Waals surface area contributed by atoms with E-state index in [9.17, 15) is 4.79 Å². The van der Waals surface area contributed by atoms with Gasteiger partial charge in [-0.3, -0.25) is 4.79 Å². The molecule has 7 heavy (non-hydrogen) atoms. The SMILES string of the molecule is O=[C]NC1CCO1. The Labute approximate surface area is 41.7 Å². The third-order valence-electron chi connectivity index (χ3n) is 0.919. The minimum Gasteiger partial charge on any atom is -0.358 e. The molecule has 0 bridgehead atoms. The summed E-state index contributed by atoms with van der Waals surface area (Å²) in [5.74, 6) is 0. The zero-order chi connectivity index (χ0) is 5.11. The molecule has 1 atom stereocenters. The number of nitrogens with one attached hydrogen (secondary N) is 1. The largest absolute Gasteiger partial charge is 0.358 e. The minimum atomic E-state index is -0.0440. The van der Waals surface area contributed by atoms with E-state index in [4.69, 9.17) is 4.74 Å². The molecule has 3 nitrogen and oxygen atoms in total. The summed E-state index contributed by atoms with van der Waals surface area (Å²) < 4.78 is 4.80. The first-order chi connectivity index (χ1) is 3.43. The Morgan fingerprint density at radius 2 is 2.57 bits per heavy atom. The predicted octanol–water partition coefficient (Wildman–Crippen LogP) is -0.610. The van der Waals surface area contributed by atoms with Crippen LogP contribution in [0.25, 0.3) is 0 Å². The molecule has 1 N–H and O–H groups in total. The lowest BCUT2D eigenvalue weighted by Gasteiger charge is -2.24. The monoisotopic (exact) mass is 100 g/mol. The molecule has 39 valence electrons. The van der Waals surface area contributed by atoms with E-state index < -0.39 is 0 Å². The first-order valence-corrected chi connectivity index (χ1v) is 2.18. The van der Waals surface area contributed by atoms with Gasteiger partial charge < -0.3 is 10.1 Å². The highest BCUT2D eigenvalue weighted by Crippen LogP contribution is 2.04. The summed E-state index contributed by atoms with van der Waals surface area (Å²) in [4.78, 5) is 9.49. The van der Waals surface area contributed by atoms with Crippen LogP contribution >= 0.6 is 0 Å². The van der Waals surface area contributed by atoms with Crippen molar-refractivity contribution >= 4 is 6.41 Å². The molecule has 1 rings (SSSR count). The molecule has 1 unspecified atom stereocenters. The van der Waals surface area contributed by atoms with Crippen molar-refractivity contribution in [2.24, 2.45) is 0 Å². The van der Waals surface area contributed by atoms with Gasteiger partial charge in [-0.15, -0.1) is 0 Å².